The number of ether oxygens (including phenoxy) is 1. The minimum absolute atomic E-state index is 0.266. The van der Waals surface area contributed by atoms with Crippen molar-refractivity contribution < 1.29 is 9.84 Å². The lowest BCUT2D eigenvalue weighted by Gasteiger charge is -2.18. The molecule has 1 rings (SSSR count). The van der Waals surface area contributed by atoms with Crippen molar-refractivity contribution >= 4 is 15.9 Å². The zero-order valence-electron chi connectivity index (χ0n) is 10.6. The summed E-state index contributed by atoms with van der Waals surface area (Å²) in [7, 11) is 2.02. The minimum atomic E-state index is 0.266. The molecular formula is C13H20BrNO2. The number of hydrogen-bond donors (Lipinski definition) is 1. The van der Waals surface area contributed by atoms with Gasteiger partial charge in [0.25, 0.3) is 0 Å². The first-order chi connectivity index (χ1) is 7.99. The van der Waals surface area contributed by atoms with Gasteiger partial charge in [0.2, 0.25) is 0 Å². The smallest absolute Gasteiger partial charge is 0.120 e. The third-order valence-electron chi connectivity index (χ3n) is 2.41. The van der Waals surface area contributed by atoms with Crippen molar-refractivity contribution in [1.29, 1.82) is 0 Å². The Morgan fingerprint density at radius 1 is 1.41 bits per heavy atom. The van der Waals surface area contributed by atoms with Crippen LogP contribution in [0, 0.1) is 0 Å². The maximum atomic E-state index is 9.72. The molecule has 0 aliphatic carbocycles. The Kier molecular flexibility index (Phi) is 5.95. The van der Waals surface area contributed by atoms with Gasteiger partial charge >= 0.3 is 0 Å². The fraction of sp³-hybridized carbons (Fsp3) is 0.538. The van der Waals surface area contributed by atoms with Crippen LogP contribution in [0.4, 0.5) is 0 Å². The summed E-state index contributed by atoms with van der Waals surface area (Å²) in [6.45, 7) is 6.33. The first kappa shape index (κ1) is 14.5. The van der Waals surface area contributed by atoms with Crippen molar-refractivity contribution in [1.82, 2.24) is 4.90 Å². The van der Waals surface area contributed by atoms with E-state index in [1.165, 1.54) is 0 Å². The Labute approximate surface area is 112 Å². The lowest BCUT2D eigenvalue weighted by molar-refractivity contribution is 0.0626. The van der Waals surface area contributed by atoms with Gasteiger partial charge in [0.05, 0.1) is 12.7 Å². The number of phenols is 1. The summed E-state index contributed by atoms with van der Waals surface area (Å²) in [5.41, 5.74) is 0.923. The van der Waals surface area contributed by atoms with Crippen LogP contribution in [-0.4, -0.2) is 36.3 Å². The van der Waals surface area contributed by atoms with Gasteiger partial charge in [0.15, 0.2) is 0 Å². The molecule has 0 bridgehead atoms. The van der Waals surface area contributed by atoms with Crippen molar-refractivity contribution in [3.05, 3.63) is 28.2 Å². The van der Waals surface area contributed by atoms with Gasteiger partial charge < -0.3 is 9.84 Å². The number of rotatable bonds is 6. The largest absolute Gasteiger partial charge is 0.508 e. The second-order valence-electron chi connectivity index (χ2n) is 4.43. The number of hydrogen-bond acceptors (Lipinski definition) is 3. The van der Waals surface area contributed by atoms with Crippen LogP contribution in [0.25, 0.3) is 0 Å². The van der Waals surface area contributed by atoms with Gasteiger partial charge in [-0.05, 0) is 39.1 Å². The number of halogens is 1. The number of benzene rings is 1. The normalized spacial score (nSPS) is 11.4. The molecule has 0 unspecified atom stereocenters. The van der Waals surface area contributed by atoms with Gasteiger partial charge in [-0.25, -0.2) is 0 Å². The molecule has 0 radical (unpaired) electrons. The number of likely N-dealkylation sites (N-methyl/N-ethyl adjacent to an activating group) is 1. The van der Waals surface area contributed by atoms with Crippen molar-refractivity contribution in [3.8, 4) is 5.75 Å². The van der Waals surface area contributed by atoms with E-state index < -0.39 is 0 Å². The van der Waals surface area contributed by atoms with Crippen molar-refractivity contribution in [3.63, 3.8) is 0 Å². The summed E-state index contributed by atoms with van der Waals surface area (Å²) in [4.78, 5) is 2.13. The molecule has 1 N–H and O–H groups in total. The molecular weight excluding hydrogens is 282 g/mol. The average Bonchev–Trinajstić information content (AvgIpc) is 2.23. The molecule has 0 fully saturated rings. The predicted molar refractivity (Wildman–Crippen MR) is 73.2 cm³/mol. The number of aromatic hydroxyl groups is 1. The third kappa shape index (κ3) is 5.52. The highest BCUT2D eigenvalue weighted by molar-refractivity contribution is 9.10. The van der Waals surface area contributed by atoms with Crippen LogP contribution in [0.1, 0.15) is 19.4 Å². The molecule has 0 aliphatic rings. The van der Waals surface area contributed by atoms with Gasteiger partial charge in [-0.3, -0.25) is 4.90 Å². The SMILES string of the molecule is CC(C)OCCN(C)Cc1cc(Br)ccc1O. The molecule has 0 saturated carbocycles. The lowest BCUT2D eigenvalue weighted by Crippen LogP contribution is -2.24. The molecule has 96 valence electrons. The molecule has 1 aromatic carbocycles. The summed E-state index contributed by atoms with van der Waals surface area (Å²) in [6, 6.07) is 5.48. The number of phenolic OH excluding ortho intramolecular Hbond substituents is 1. The van der Waals surface area contributed by atoms with Gasteiger partial charge in [-0.1, -0.05) is 15.9 Å². The standard InChI is InChI=1S/C13H20BrNO2/c1-10(2)17-7-6-15(3)9-11-8-12(14)4-5-13(11)16/h4-5,8,10,16H,6-7,9H2,1-3H3. The summed E-state index contributed by atoms with van der Waals surface area (Å²) < 4.78 is 6.47. The maximum Gasteiger partial charge on any atom is 0.120 e. The monoisotopic (exact) mass is 301 g/mol. The highest BCUT2D eigenvalue weighted by Crippen LogP contribution is 2.22. The summed E-state index contributed by atoms with van der Waals surface area (Å²) in [5.74, 6) is 0.338. The van der Waals surface area contributed by atoms with Crippen LogP contribution in [0.5, 0.6) is 5.75 Å². The molecule has 17 heavy (non-hydrogen) atoms. The zero-order chi connectivity index (χ0) is 12.8. The summed E-state index contributed by atoms with van der Waals surface area (Å²) in [5, 5.41) is 9.72. The summed E-state index contributed by atoms with van der Waals surface area (Å²) >= 11 is 3.40. The molecule has 4 heteroatoms. The van der Waals surface area contributed by atoms with Crippen LogP contribution in [0.3, 0.4) is 0 Å². The van der Waals surface area contributed by atoms with Crippen molar-refractivity contribution in [2.24, 2.45) is 0 Å². The van der Waals surface area contributed by atoms with Crippen LogP contribution < -0.4 is 0 Å². The topological polar surface area (TPSA) is 32.7 Å². The highest BCUT2D eigenvalue weighted by Gasteiger charge is 2.06. The Hall–Kier alpha value is -0.580. The van der Waals surface area contributed by atoms with Crippen molar-refractivity contribution in [2.75, 3.05) is 20.2 Å². The molecule has 0 saturated heterocycles. The molecule has 1 aromatic rings. The maximum absolute atomic E-state index is 9.72. The van der Waals surface area contributed by atoms with Crippen molar-refractivity contribution in [2.45, 2.75) is 26.5 Å². The van der Waals surface area contributed by atoms with E-state index in [1.54, 1.807) is 6.07 Å². The molecule has 0 aromatic heterocycles. The van der Waals surface area contributed by atoms with Crippen LogP contribution in [-0.2, 0) is 11.3 Å². The first-order valence-electron chi connectivity index (χ1n) is 5.76. The van der Waals surface area contributed by atoms with E-state index in [9.17, 15) is 5.11 Å². The van der Waals surface area contributed by atoms with E-state index >= 15 is 0 Å². The average molecular weight is 302 g/mol. The van der Waals surface area contributed by atoms with Crippen LogP contribution in [0.2, 0.25) is 0 Å². The van der Waals surface area contributed by atoms with Gasteiger partial charge in [-0.15, -0.1) is 0 Å². The van der Waals surface area contributed by atoms with E-state index in [-0.39, 0.29) is 6.10 Å². The minimum Gasteiger partial charge on any atom is -0.508 e. The quantitative estimate of drug-likeness (QED) is 0.877. The van der Waals surface area contributed by atoms with Gasteiger partial charge in [0, 0.05) is 23.1 Å². The lowest BCUT2D eigenvalue weighted by atomic mass is 10.2. The Morgan fingerprint density at radius 2 is 2.12 bits per heavy atom. The highest BCUT2D eigenvalue weighted by atomic mass is 79.9. The Bertz CT molecular complexity index is 355. The van der Waals surface area contributed by atoms with Gasteiger partial charge in [0.1, 0.15) is 5.75 Å². The Morgan fingerprint density at radius 3 is 2.76 bits per heavy atom. The molecule has 0 amide bonds. The van der Waals surface area contributed by atoms with Crippen LogP contribution >= 0.6 is 15.9 Å². The molecule has 0 heterocycles. The molecule has 0 spiro atoms. The van der Waals surface area contributed by atoms with E-state index in [1.807, 2.05) is 33.0 Å². The second kappa shape index (κ2) is 6.99. The van der Waals surface area contributed by atoms with E-state index in [4.69, 9.17) is 4.74 Å². The fourth-order valence-electron chi connectivity index (χ4n) is 1.49. The van der Waals surface area contributed by atoms with E-state index in [2.05, 4.69) is 20.8 Å². The summed E-state index contributed by atoms with van der Waals surface area (Å²) in [6.07, 6.45) is 0.266. The first-order valence-corrected chi connectivity index (χ1v) is 6.56. The molecule has 0 aliphatic heterocycles. The molecule has 3 nitrogen and oxygen atoms in total. The second-order valence-corrected chi connectivity index (χ2v) is 5.35. The number of nitrogens with zero attached hydrogens (tertiary/aromatic N) is 1. The van der Waals surface area contributed by atoms with E-state index in [0.29, 0.717) is 18.9 Å². The third-order valence-corrected chi connectivity index (χ3v) is 2.90. The van der Waals surface area contributed by atoms with E-state index in [0.717, 1.165) is 16.6 Å². The molecule has 0 atom stereocenters. The predicted octanol–water partition coefficient (Wildman–Crippen LogP) is 3.01. The Balaban J connectivity index is 2.44. The van der Waals surface area contributed by atoms with Gasteiger partial charge in [-0.2, -0.15) is 0 Å². The van der Waals surface area contributed by atoms with Crippen LogP contribution in [0.15, 0.2) is 22.7 Å². The zero-order valence-corrected chi connectivity index (χ0v) is 12.2. The fourth-order valence-corrected chi connectivity index (χ4v) is 1.90.